The number of aliphatic imine (C=N–C) groups is 1. The molecule has 1 saturated heterocycles. The molecule has 1 heterocycles. The van der Waals surface area contributed by atoms with Crippen LogP contribution < -0.4 is 5.32 Å². The molecular weight excluding hydrogens is 330 g/mol. The summed E-state index contributed by atoms with van der Waals surface area (Å²) in [4.78, 5) is 18.7. The molecule has 0 aromatic carbocycles. The highest BCUT2D eigenvalue weighted by atomic mass is 16.5. The van der Waals surface area contributed by atoms with Gasteiger partial charge in [-0.05, 0) is 32.6 Å². The smallest absolute Gasteiger partial charge is 0.308 e. The number of likely N-dealkylation sites (tertiary alicyclic amines) is 1. The molecule has 1 aliphatic carbocycles. The van der Waals surface area contributed by atoms with Gasteiger partial charge in [0.05, 0.1) is 19.1 Å². The van der Waals surface area contributed by atoms with Crippen molar-refractivity contribution >= 4 is 11.9 Å². The Bertz CT molecular complexity index is 485. The Morgan fingerprint density at radius 2 is 1.96 bits per heavy atom. The van der Waals surface area contributed by atoms with Crippen molar-refractivity contribution in [2.45, 2.75) is 71.9 Å². The molecule has 0 radical (unpaired) electrons. The van der Waals surface area contributed by atoms with Crippen molar-refractivity contribution in [3.63, 3.8) is 0 Å². The number of carbonyl (C=O) groups excluding carboxylic acids is 1. The lowest BCUT2D eigenvalue weighted by molar-refractivity contribution is -0.146. The second kappa shape index (κ2) is 9.58. The van der Waals surface area contributed by atoms with Crippen molar-refractivity contribution < 1.29 is 14.3 Å². The second-order valence-electron chi connectivity index (χ2n) is 8.05. The minimum atomic E-state index is -0.0845. The van der Waals surface area contributed by atoms with Crippen LogP contribution in [0.25, 0.3) is 0 Å². The molecule has 2 fully saturated rings. The first kappa shape index (κ1) is 21.0. The third kappa shape index (κ3) is 4.90. The molecule has 0 aromatic heterocycles. The van der Waals surface area contributed by atoms with E-state index in [-0.39, 0.29) is 17.3 Å². The number of piperidine rings is 1. The van der Waals surface area contributed by atoms with Crippen molar-refractivity contribution in [3.05, 3.63) is 0 Å². The summed E-state index contributed by atoms with van der Waals surface area (Å²) < 4.78 is 10.9. The van der Waals surface area contributed by atoms with Gasteiger partial charge in [0, 0.05) is 37.7 Å². The molecule has 1 N–H and O–H groups in total. The third-order valence-electron chi connectivity index (χ3n) is 5.93. The summed E-state index contributed by atoms with van der Waals surface area (Å²) in [7, 11) is 1.47. The average molecular weight is 368 g/mol. The zero-order chi connectivity index (χ0) is 19.2. The molecule has 2 atom stereocenters. The first-order valence-corrected chi connectivity index (χ1v) is 10.2. The number of hydrogen-bond acceptors (Lipinski definition) is 4. The fourth-order valence-electron chi connectivity index (χ4n) is 3.82. The van der Waals surface area contributed by atoms with Crippen LogP contribution in [-0.4, -0.2) is 62.3 Å². The normalized spacial score (nSPS) is 26.3. The van der Waals surface area contributed by atoms with E-state index in [0.717, 1.165) is 57.9 Å². The molecule has 150 valence electrons. The Hall–Kier alpha value is -1.30. The predicted octanol–water partition coefficient (Wildman–Crippen LogP) is 2.82. The summed E-state index contributed by atoms with van der Waals surface area (Å²) in [5.41, 5.74) is 0.104. The summed E-state index contributed by atoms with van der Waals surface area (Å²) in [6, 6.07) is 0.373. The van der Waals surface area contributed by atoms with Crippen LogP contribution in [0.1, 0.15) is 59.8 Å². The largest absolute Gasteiger partial charge is 0.469 e. The van der Waals surface area contributed by atoms with Gasteiger partial charge in [-0.2, -0.15) is 0 Å². The van der Waals surface area contributed by atoms with Crippen LogP contribution in [0, 0.1) is 11.3 Å². The number of hydrogen-bond donors (Lipinski definition) is 1. The molecule has 1 aliphatic heterocycles. The monoisotopic (exact) mass is 367 g/mol. The summed E-state index contributed by atoms with van der Waals surface area (Å²) in [6.45, 7) is 12.1. The zero-order valence-electron chi connectivity index (χ0n) is 17.2. The van der Waals surface area contributed by atoms with Gasteiger partial charge >= 0.3 is 5.97 Å². The van der Waals surface area contributed by atoms with Crippen molar-refractivity contribution in [1.82, 2.24) is 10.2 Å². The van der Waals surface area contributed by atoms with E-state index in [2.05, 4.69) is 37.9 Å². The highest BCUT2D eigenvalue weighted by molar-refractivity contribution is 5.81. The van der Waals surface area contributed by atoms with Gasteiger partial charge < -0.3 is 19.7 Å². The molecule has 0 spiro atoms. The van der Waals surface area contributed by atoms with Crippen molar-refractivity contribution in [2.75, 3.05) is 33.4 Å². The maximum absolute atomic E-state index is 11.7. The number of carbonyl (C=O) groups is 1. The topological polar surface area (TPSA) is 63.2 Å². The van der Waals surface area contributed by atoms with E-state index in [1.807, 2.05) is 0 Å². The number of esters is 1. The molecule has 2 rings (SSSR count). The summed E-state index contributed by atoms with van der Waals surface area (Å²) in [5, 5.41) is 3.67. The van der Waals surface area contributed by atoms with Crippen molar-refractivity contribution in [1.29, 1.82) is 0 Å². The minimum Gasteiger partial charge on any atom is -0.469 e. The molecule has 26 heavy (non-hydrogen) atoms. The van der Waals surface area contributed by atoms with E-state index in [9.17, 15) is 4.79 Å². The maximum Gasteiger partial charge on any atom is 0.308 e. The molecule has 1 saturated carbocycles. The molecule has 2 unspecified atom stereocenters. The number of methoxy groups -OCH3 is 1. The molecular formula is C20H37N3O3. The van der Waals surface area contributed by atoms with Crippen LogP contribution in [0.4, 0.5) is 0 Å². The van der Waals surface area contributed by atoms with Crippen LogP contribution >= 0.6 is 0 Å². The summed E-state index contributed by atoms with van der Waals surface area (Å²) in [5.74, 6) is 0.912. The lowest BCUT2D eigenvalue weighted by Gasteiger charge is -2.52. The highest BCUT2D eigenvalue weighted by Gasteiger charge is 2.49. The van der Waals surface area contributed by atoms with Crippen molar-refractivity contribution in [2.24, 2.45) is 16.3 Å². The Morgan fingerprint density at radius 1 is 1.27 bits per heavy atom. The Balaban J connectivity index is 1.88. The quantitative estimate of drug-likeness (QED) is 0.324. The molecule has 0 aromatic rings. The number of unbranched alkanes of at least 4 members (excludes halogenated alkanes) is 1. The summed E-state index contributed by atoms with van der Waals surface area (Å²) in [6.07, 6.45) is 5.30. The van der Waals surface area contributed by atoms with E-state index in [4.69, 9.17) is 14.5 Å². The Kier molecular flexibility index (Phi) is 7.74. The van der Waals surface area contributed by atoms with Crippen molar-refractivity contribution in [3.8, 4) is 0 Å². The van der Waals surface area contributed by atoms with Gasteiger partial charge in [0.1, 0.15) is 0 Å². The van der Waals surface area contributed by atoms with E-state index < -0.39 is 0 Å². The van der Waals surface area contributed by atoms with Crippen LogP contribution in [0.15, 0.2) is 4.99 Å². The first-order chi connectivity index (χ1) is 12.4. The second-order valence-corrected chi connectivity index (χ2v) is 8.05. The number of guanidine groups is 1. The van der Waals surface area contributed by atoms with Gasteiger partial charge in [-0.1, -0.05) is 27.2 Å². The van der Waals surface area contributed by atoms with Crippen LogP contribution in [0.2, 0.25) is 0 Å². The first-order valence-electron chi connectivity index (χ1n) is 10.2. The van der Waals surface area contributed by atoms with Gasteiger partial charge in [-0.3, -0.25) is 9.79 Å². The van der Waals surface area contributed by atoms with Crippen LogP contribution in [0.3, 0.4) is 0 Å². The minimum absolute atomic E-state index is 0.0237. The van der Waals surface area contributed by atoms with Crippen LogP contribution in [0.5, 0.6) is 0 Å². The van der Waals surface area contributed by atoms with Gasteiger partial charge in [-0.15, -0.1) is 0 Å². The fourth-order valence-corrected chi connectivity index (χ4v) is 3.82. The lowest BCUT2D eigenvalue weighted by atomic mass is 9.64. The lowest BCUT2D eigenvalue weighted by Crippen LogP contribution is -2.64. The van der Waals surface area contributed by atoms with Gasteiger partial charge in [-0.25, -0.2) is 0 Å². The number of rotatable bonds is 7. The van der Waals surface area contributed by atoms with E-state index in [1.165, 1.54) is 13.5 Å². The highest BCUT2D eigenvalue weighted by Crippen LogP contribution is 2.43. The van der Waals surface area contributed by atoms with E-state index >= 15 is 0 Å². The average Bonchev–Trinajstić information content (AvgIpc) is 2.65. The van der Waals surface area contributed by atoms with E-state index in [0.29, 0.717) is 12.1 Å². The predicted molar refractivity (Wildman–Crippen MR) is 104 cm³/mol. The number of nitrogens with one attached hydrogen (secondary N) is 1. The number of nitrogens with zero attached hydrogens (tertiary/aromatic N) is 2. The van der Waals surface area contributed by atoms with Gasteiger partial charge in [0.15, 0.2) is 5.96 Å². The molecule has 6 nitrogen and oxygen atoms in total. The standard InChI is InChI=1S/C20H37N3O3/c1-6-8-13-26-17-14-16(20(17,3)4)22-19(21-7-2)23-11-9-15(10-12-23)18(24)25-5/h15-17H,6-14H2,1-5H3,(H,21,22). The fraction of sp³-hybridized carbons (Fsp3) is 0.900. The van der Waals surface area contributed by atoms with Gasteiger partial charge in [0.2, 0.25) is 0 Å². The third-order valence-corrected chi connectivity index (χ3v) is 5.93. The maximum atomic E-state index is 11.7. The number of ether oxygens (including phenoxy) is 2. The molecule has 2 aliphatic rings. The molecule has 6 heteroatoms. The van der Waals surface area contributed by atoms with Gasteiger partial charge in [0.25, 0.3) is 0 Å². The molecule has 0 bridgehead atoms. The van der Waals surface area contributed by atoms with Crippen LogP contribution in [-0.2, 0) is 14.3 Å². The SMILES string of the molecule is CCCCOC1CC(NC(=NCC)N2CCC(C(=O)OC)CC2)C1(C)C. The Labute approximate surface area is 158 Å². The van der Waals surface area contributed by atoms with E-state index in [1.54, 1.807) is 0 Å². The summed E-state index contributed by atoms with van der Waals surface area (Å²) >= 11 is 0. The Morgan fingerprint density at radius 3 is 2.50 bits per heavy atom. The molecule has 0 amide bonds. The zero-order valence-corrected chi connectivity index (χ0v) is 17.2.